The molecule has 10 aromatic rings. The molecule has 0 amide bonds. The fourth-order valence-electron chi connectivity index (χ4n) is 7.60. The zero-order chi connectivity index (χ0) is 33.2. The molecule has 0 atom stereocenters. The van der Waals surface area contributed by atoms with Crippen molar-refractivity contribution in [1.29, 1.82) is 0 Å². The maximum Gasteiger partial charge on any atom is 0.145 e. The number of imidazole rings is 1. The van der Waals surface area contributed by atoms with E-state index in [1.165, 1.54) is 27.1 Å². The van der Waals surface area contributed by atoms with E-state index in [0.29, 0.717) is 0 Å². The SMILES string of the molecule is Cc1ccnc(-n2c3ccccc3c3ccc(N(c4ccccc4)c4ccc5c6ccccc6n6c(-c7ccccc7)cnc6c5c4)cc32)c1. The van der Waals surface area contributed by atoms with Gasteiger partial charge in [0.1, 0.15) is 11.5 Å². The first-order valence-corrected chi connectivity index (χ1v) is 16.9. The van der Waals surface area contributed by atoms with E-state index in [1.54, 1.807) is 0 Å². The van der Waals surface area contributed by atoms with Crippen LogP contribution in [-0.2, 0) is 0 Å². The van der Waals surface area contributed by atoms with Crippen molar-refractivity contribution in [2.75, 3.05) is 4.90 Å². The van der Waals surface area contributed by atoms with Crippen LogP contribution in [0.15, 0.2) is 170 Å². The van der Waals surface area contributed by atoms with E-state index in [9.17, 15) is 0 Å². The third-order valence-corrected chi connectivity index (χ3v) is 9.83. The fourth-order valence-corrected chi connectivity index (χ4v) is 7.60. The van der Waals surface area contributed by atoms with Crippen LogP contribution in [0.25, 0.3) is 66.2 Å². The molecule has 4 aromatic heterocycles. The third-order valence-electron chi connectivity index (χ3n) is 9.83. The highest BCUT2D eigenvalue weighted by Gasteiger charge is 2.20. The molecule has 0 aliphatic rings. The summed E-state index contributed by atoms with van der Waals surface area (Å²) in [6.07, 6.45) is 3.90. The maximum atomic E-state index is 5.07. The number of anilines is 3. The van der Waals surface area contributed by atoms with E-state index < -0.39 is 0 Å². The molecule has 5 heteroatoms. The number of aromatic nitrogens is 4. The molecule has 5 nitrogen and oxygen atoms in total. The van der Waals surface area contributed by atoms with Crippen LogP contribution < -0.4 is 4.90 Å². The van der Waals surface area contributed by atoms with Crippen molar-refractivity contribution in [3.05, 3.63) is 176 Å². The van der Waals surface area contributed by atoms with E-state index in [0.717, 1.165) is 61.7 Å². The molecule has 0 unspecified atom stereocenters. The number of para-hydroxylation sites is 3. The van der Waals surface area contributed by atoms with Gasteiger partial charge in [-0.05, 0) is 78.5 Å². The number of aryl methyl sites for hydroxylation is 1. The van der Waals surface area contributed by atoms with Gasteiger partial charge < -0.3 is 4.90 Å². The van der Waals surface area contributed by atoms with E-state index in [2.05, 4.69) is 172 Å². The number of pyridine rings is 2. The van der Waals surface area contributed by atoms with Crippen molar-refractivity contribution < 1.29 is 0 Å². The Morgan fingerprint density at radius 3 is 1.90 bits per heavy atom. The summed E-state index contributed by atoms with van der Waals surface area (Å²) in [6.45, 7) is 2.12. The Labute approximate surface area is 288 Å². The fraction of sp³-hybridized carbons (Fsp3) is 0.0222. The first-order valence-electron chi connectivity index (χ1n) is 16.9. The maximum absolute atomic E-state index is 5.07. The first kappa shape index (κ1) is 28.3. The van der Waals surface area contributed by atoms with Crippen molar-refractivity contribution in [2.45, 2.75) is 6.92 Å². The highest BCUT2D eigenvalue weighted by molar-refractivity contribution is 6.14. The zero-order valence-electron chi connectivity index (χ0n) is 27.4. The van der Waals surface area contributed by atoms with Crippen molar-refractivity contribution in [2.24, 2.45) is 0 Å². The Morgan fingerprint density at radius 2 is 1.12 bits per heavy atom. The molecule has 4 heterocycles. The normalized spacial score (nSPS) is 11.7. The van der Waals surface area contributed by atoms with Crippen LogP contribution in [0.4, 0.5) is 17.1 Å². The largest absolute Gasteiger partial charge is 0.310 e. The Morgan fingerprint density at radius 1 is 0.480 bits per heavy atom. The topological polar surface area (TPSA) is 38.4 Å². The Bertz CT molecular complexity index is 2890. The molecule has 10 rings (SSSR count). The summed E-state index contributed by atoms with van der Waals surface area (Å²) in [4.78, 5) is 12.2. The second-order valence-electron chi connectivity index (χ2n) is 12.8. The molecule has 6 aromatic carbocycles. The lowest BCUT2D eigenvalue weighted by Crippen LogP contribution is -2.10. The lowest BCUT2D eigenvalue weighted by Gasteiger charge is -2.26. The van der Waals surface area contributed by atoms with Gasteiger partial charge in [0.15, 0.2) is 0 Å². The molecular weight excluding hydrogens is 611 g/mol. The molecule has 0 bridgehead atoms. The van der Waals surface area contributed by atoms with Crippen LogP contribution in [0.2, 0.25) is 0 Å². The predicted molar refractivity (Wildman–Crippen MR) is 207 cm³/mol. The van der Waals surface area contributed by atoms with Crippen LogP contribution in [-0.4, -0.2) is 18.9 Å². The molecule has 236 valence electrons. The standard InChI is InChI=1S/C45H31N5/c1-30-24-25-46-44(26-30)49-40-18-10-9-17-37(40)38-23-21-34(28-42(38)49)48(32-14-6-3-7-15-32)33-20-22-35-36-16-8-11-19-41(36)50-43(31-12-4-2-5-13-31)29-47-45(50)39(35)27-33/h2-29H,1H3. The lowest BCUT2D eigenvalue weighted by atomic mass is 10.0. The second-order valence-corrected chi connectivity index (χ2v) is 12.8. The predicted octanol–water partition coefficient (Wildman–Crippen LogP) is 11.6. The zero-order valence-corrected chi connectivity index (χ0v) is 27.4. The molecule has 0 saturated heterocycles. The van der Waals surface area contributed by atoms with Gasteiger partial charge in [0.2, 0.25) is 0 Å². The Kier molecular flexibility index (Phi) is 6.33. The van der Waals surface area contributed by atoms with Gasteiger partial charge in [0.05, 0.1) is 28.4 Å². The average molecular weight is 642 g/mol. The van der Waals surface area contributed by atoms with Crippen LogP contribution >= 0.6 is 0 Å². The van der Waals surface area contributed by atoms with Crippen molar-refractivity contribution in [1.82, 2.24) is 18.9 Å². The molecule has 0 radical (unpaired) electrons. The summed E-state index contributed by atoms with van der Waals surface area (Å²) >= 11 is 0. The van der Waals surface area contributed by atoms with Gasteiger partial charge in [-0.15, -0.1) is 0 Å². The van der Waals surface area contributed by atoms with Gasteiger partial charge in [-0.2, -0.15) is 0 Å². The van der Waals surface area contributed by atoms with Gasteiger partial charge in [0.25, 0.3) is 0 Å². The minimum absolute atomic E-state index is 0.910. The number of rotatable bonds is 5. The van der Waals surface area contributed by atoms with Gasteiger partial charge in [-0.3, -0.25) is 8.97 Å². The average Bonchev–Trinajstić information content (AvgIpc) is 3.76. The summed E-state index contributed by atoms with van der Waals surface area (Å²) in [5, 5.41) is 5.87. The molecule has 0 fully saturated rings. The number of nitrogens with zero attached hydrogens (tertiary/aromatic N) is 5. The summed E-state index contributed by atoms with van der Waals surface area (Å²) in [5.41, 5.74) is 10.9. The Balaban J connectivity index is 1.24. The minimum atomic E-state index is 0.910. The van der Waals surface area contributed by atoms with Gasteiger partial charge in [0, 0.05) is 50.4 Å². The summed E-state index contributed by atoms with van der Waals surface area (Å²) in [7, 11) is 0. The minimum Gasteiger partial charge on any atom is -0.310 e. The Hall–Kier alpha value is -6.72. The van der Waals surface area contributed by atoms with Gasteiger partial charge in [-0.25, -0.2) is 9.97 Å². The number of hydrogen-bond donors (Lipinski definition) is 0. The molecule has 0 N–H and O–H groups in total. The van der Waals surface area contributed by atoms with E-state index in [1.807, 2.05) is 18.5 Å². The lowest BCUT2D eigenvalue weighted by molar-refractivity contribution is 1.07. The van der Waals surface area contributed by atoms with Gasteiger partial charge >= 0.3 is 0 Å². The summed E-state index contributed by atoms with van der Waals surface area (Å²) in [6, 6.07) is 56.1. The van der Waals surface area contributed by atoms with E-state index in [4.69, 9.17) is 9.97 Å². The third kappa shape index (κ3) is 4.34. The summed E-state index contributed by atoms with van der Waals surface area (Å²) < 4.78 is 4.60. The molecule has 0 aliphatic carbocycles. The molecule has 0 saturated carbocycles. The summed E-state index contributed by atoms with van der Waals surface area (Å²) in [5.74, 6) is 0.910. The highest BCUT2D eigenvalue weighted by Crippen LogP contribution is 2.42. The molecule has 0 aliphatic heterocycles. The van der Waals surface area contributed by atoms with Crippen LogP contribution in [0.5, 0.6) is 0 Å². The smallest absolute Gasteiger partial charge is 0.145 e. The number of fused-ring (bicyclic) bond motifs is 9. The van der Waals surface area contributed by atoms with Gasteiger partial charge in [-0.1, -0.05) is 97.1 Å². The second kappa shape index (κ2) is 11.2. The van der Waals surface area contributed by atoms with E-state index in [-0.39, 0.29) is 0 Å². The highest BCUT2D eigenvalue weighted by atomic mass is 15.1. The van der Waals surface area contributed by atoms with Crippen molar-refractivity contribution in [3.8, 4) is 17.1 Å². The van der Waals surface area contributed by atoms with E-state index >= 15 is 0 Å². The molecular formula is C45H31N5. The monoisotopic (exact) mass is 641 g/mol. The quantitative estimate of drug-likeness (QED) is 0.176. The molecule has 0 spiro atoms. The van der Waals surface area contributed by atoms with Crippen LogP contribution in [0, 0.1) is 6.92 Å². The number of hydrogen-bond acceptors (Lipinski definition) is 3. The first-order chi connectivity index (χ1) is 24.7. The van der Waals surface area contributed by atoms with Crippen molar-refractivity contribution in [3.63, 3.8) is 0 Å². The number of benzene rings is 6. The van der Waals surface area contributed by atoms with Crippen molar-refractivity contribution >= 4 is 66.2 Å². The van der Waals surface area contributed by atoms with Crippen LogP contribution in [0.1, 0.15) is 5.56 Å². The van der Waals surface area contributed by atoms with Crippen LogP contribution in [0.3, 0.4) is 0 Å². The molecule has 50 heavy (non-hydrogen) atoms.